The molecule has 21 heavy (non-hydrogen) atoms. The molecule has 0 saturated carbocycles. The molecule has 112 valence electrons. The fourth-order valence-electron chi connectivity index (χ4n) is 2.21. The predicted molar refractivity (Wildman–Crippen MR) is 90.0 cm³/mol. The molecular formula is C17H22ClN3. The van der Waals surface area contributed by atoms with E-state index in [0.717, 1.165) is 36.8 Å². The molecule has 0 saturated heterocycles. The van der Waals surface area contributed by atoms with Crippen LogP contribution in [-0.4, -0.2) is 25.1 Å². The van der Waals surface area contributed by atoms with E-state index in [1.165, 1.54) is 11.1 Å². The number of hydrogen-bond donors (Lipinski definition) is 1. The van der Waals surface area contributed by atoms with Crippen molar-refractivity contribution >= 4 is 17.3 Å². The van der Waals surface area contributed by atoms with Crippen LogP contribution in [-0.2, 0) is 13.0 Å². The highest BCUT2D eigenvalue weighted by Crippen LogP contribution is 2.26. The number of halogens is 1. The van der Waals surface area contributed by atoms with E-state index in [-0.39, 0.29) is 0 Å². The van der Waals surface area contributed by atoms with E-state index in [4.69, 9.17) is 11.6 Å². The largest absolute Gasteiger partial charge is 0.373 e. The van der Waals surface area contributed by atoms with Crippen LogP contribution in [0.1, 0.15) is 18.1 Å². The standard InChI is InChI=1S/C17H22ClN3/c1-3-19-13-15-4-5-17(16(18)12-15)21(2)11-8-14-6-9-20-10-7-14/h4-7,9-10,12,19H,3,8,11,13H2,1-2H3. The first kappa shape index (κ1) is 15.8. The molecule has 1 N–H and O–H groups in total. The molecule has 2 rings (SSSR count). The van der Waals surface area contributed by atoms with Gasteiger partial charge in [0.15, 0.2) is 0 Å². The Morgan fingerprint density at radius 1 is 1.14 bits per heavy atom. The third-order valence-electron chi connectivity index (χ3n) is 3.49. The Morgan fingerprint density at radius 3 is 2.57 bits per heavy atom. The number of anilines is 1. The van der Waals surface area contributed by atoms with E-state index in [1.54, 1.807) is 0 Å². The van der Waals surface area contributed by atoms with Crippen molar-refractivity contribution in [2.75, 3.05) is 25.0 Å². The summed E-state index contributed by atoms with van der Waals surface area (Å²) in [7, 11) is 2.08. The number of nitrogens with zero attached hydrogens (tertiary/aromatic N) is 2. The predicted octanol–water partition coefficient (Wildman–Crippen LogP) is 3.52. The second-order valence-electron chi connectivity index (χ2n) is 5.09. The van der Waals surface area contributed by atoms with Crippen molar-refractivity contribution in [3.8, 4) is 0 Å². The van der Waals surface area contributed by atoms with E-state index < -0.39 is 0 Å². The summed E-state index contributed by atoms with van der Waals surface area (Å²) in [4.78, 5) is 6.23. The summed E-state index contributed by atoms with van der Waals surface area (Å²) in [5, 5.41) is 4.12. The van der Waals surface area contributed by atoms with Crippen molar-refractivity contribution in [1.82, 2.24) is 10.3 Å². The molecule has 0 aliphatic heterocycles. The molecule has 0 spiro atoms. The Balaban J connectivity index is 1.97. The van der Waals surface area contributed by atoms with Gasteiger partial charge in [-0.25, -0.2) is 0 Å². The second-order valence-corrected chi connectivity index (χ2v) is 5.50. The van der Waals surface area contributed by atoms with Gasteiger partial charge in [0.1, 0.15) is 0 Å². The van der Waals surface area contributed by atoms with Gasteiger partial charge in [0.05, 0.1) is 10.7 Å². The number of rotatable bonds is 7. The molecule has 1 aromatic heterocycles. The first-order chi connectivity index (χ1) is 10.2. The van der Waals surface area contributed by atoms with E-state index in [1.807, 2.05) is 18.5 Å². The Kier molecular flexibility index (Phi) is 6.03. The van der Waals surface area contributed by atoms with E-state index in [9.17, 15) is 0 Å². The summed E-state index contributed by atoms with van der Waals surface area (Å²) in [6.45, 7) is 4.85. The molecule has 0 unspecified atom stereocenters. The third-order valence-corrected chi connectivity index (χ3v) is 3.79. The third kappa shape index (κ3) is 4.73. The van der Waals surface area contributed by atoms with Crippen LogP contribution >= 0.6 is 11.6 Å². The number of aromatic nitrogens is 1. The Morgan fingerprint density at radius 2 is 1.90 bits per heavy atom. The quantitative estimate of drug-likeness (QED) is 0.848. The summed E-state index contributed by atoms with van der Waals surface area (Å²) in [5.41, 5.74) is 3.58. The molecule has 0 bridgehead atoms. The molecule has 0 radical (unpaired) electrons. The molecule has 1 aromatic carbocycles. The van der Waals surface area contributed by atoms with Gasteiger partial charge in [-0.1, -0.05) is 24.6 Å². The summed E-state index contributed by atoms with van der Waals surface area (Å²) in [6, 6.07) is 10.4. The van der Waals surface area contributed by atoms with Crippen LogP contribution in [0.4, 0.5) is 5.69 Å². The van der Waals surface area contributed by atoms with Crippen LogP contribution in [0.2, 0.25) is 5.02 Å². The van der Waals surface area contributed by atoms with Crippen LogP contribution in [0.15, 0.2) is 42.7 Å². The van der Waals surface area contributed by atoms with Crippen molar-refractivity contribution in [2.45, 2.75) is 19.9 Å². The van der Waals surface area contributed by atoms with Crippen molar-refractivity contribution in [3.63, 3.8) is 0 Å². The van der Waals surface area contributed by atoms with Gasteiger partial charge in [-0.05, 0) is 48.4 Å². The maximum Gasteiger partial charge on any atom is 0.0642 e. The molecule has 1 heterocycles. The molecule has 3 nitrogen and oxygen atoms in total. The lowest BCUT2D eigenvalue weighted by Crippen LogP contribution is -2.21. The van der Waals surface area contributed by atoms with Crippen molar-refractivity contribution < 1.29 is 0 Å². The number of likely N-dealkylation sites (N-methyl/N-ethyl adjacent to an activating group) is 1. The molecule has 0 aliphatic carbocycles. The number of nitrogens with one attached hydrogen (secondary N) is 1. The minimum Gasteiger partial charge on any atom is -0.373 e. The summed E-state index contributed by atoms with van der Waals surface area (Å²) < 4.78 is 0. The summed E-state index contributed by atoms with van der Waals surface area (Å²) in [6.07, 6.45) is 4.64. The van der Waals surface area contributed by atoms with Gasteiger partial charge in [0.2, 0.25) is 0 Å². The zero-order chi connectivity index (χ0) is 15.1. The highest BCUT2D eigenvalue weighted by molar-refractivity contribution is 6.33. The summed E-state index contributed by atoms with van der Waals surface area (Å²) in [5.74, 6) is 0. The van der Waals surface area contributed by atoms with Crippen molar-refractivity contribution in [1.29, 1.82) is 0 Å². The second kappa shape index (κ2) is 8.01. The molecule has 4 heteroatoms. The van der Waals surface area contributed by atoms with Gasteiger partial charge in [-0.2, -0.15) is 0 Å². The monoisotopic (exact) mass is 303 g/mol. The van der Waals surface area contributed by atoms with Crippen LogP contribution < -0.4 is 10.2 Å². The van der Waals surface area contributed by atoms with E-state index >= 15 is 0 Å². The molecule has 0 aliphatic rings. The molecular weight excluding hydrogens is 282 g/mol. The zero-order valence-electron chi connectivity index (χ0n) is 12.6. The number of hydrogen-bond acceptors (Lipinski definition) is 3. The average molecular weight is 304 g/mol. The fraction of sp³-hybridized carbons (Fsp3) is 0.353. The molecule has 0 amide bonds. The highest BCUT2D eigenvalue weighted by atomic mass is 35.5. The Bertz CT molecular complexity index is 557. The SMILES string of the molecule is CCNCc1ccc(N(C)CCc2ccncc2)c(Cl)c1. The lowest BCUT2D eigenvalue weighted by atomic mass is 10.1. The van der Waals surface area contributed by atoms with Gasteiger partial charge in [-0.3, -0.25) is 4.98 Å². The maximum atomic E-state index is 6.41. The molecule has 2 aromatic rings. The smallest absolute Gasteiger partial charge is 0.0642 e. The maximum absolute atomic E-state index is 6.41. The van der Waals surface area contributed by atoms with Gasteiger partial charge >= 0.3 is 0 Å². The average Bonchev–Trinajstić information content (AvgIpc) is 2.51. The lowest BCUT2D eigenvalue weighted by molar-refractivity contribution is 0.726. The van der Waals surface area contributed by atoms with Crippen molar-refractivity contribution in [3.05, 3.63) is 58.9 Å². The van der Waals surface area contributed by atoms with E-state index in [0.29, 0.717) is 0 Å². The number of benzene rings is 1. The van der Waals surface area contributed by atoms with Gasteiger partial charge in [0.25, 0.3) is 0 Å². The minimum atomic E-state index is 0.808. The highest BCUT2D eigenvalue weighted by Gasteiger charge is 2.07. The Hall–Kier alpha value is -1.58. The van der Waals surface area contributed by atoms with Crippen LogP contribution in [0.25, 0.3) is 0 Å². The van der Waals surface area contributed by atoms with Crippen LogP contribution in [0.5, 0.6) is 0 Å². The molecule has 0 fully saturated rings. The van der Waals surface area contributed by atoms with Crippen molar-refractivity contribution in [2.24, 2.45) is 0 Å². The Labute approximate surface area is 132 Å². The van der Waals surface area contributed by atoms with Crippen LogP contribution in [0.3, 0.4) is 0 Å². The number of pyridine rings is 1. The minimum absolute atomic E-state index is 0.808. The van der Waals surface area contributed by atoms with Gasteiger partial charge in [0, 0.05) is 32.5 Å². The topological polar surface area (TPSA) is 28.2 Å². The van der Waals surface area contributed by atoms with Gasteiger partial charge < -0.3 is 10.2 Å². The van der Waals surface area contributed by atoms with E-state index in [2.05, 4.69) is 53.4 Å². The fourth-order valence-corrected chi connectivity index (χ4v) is 2.55. The first-order valence-electron chi connectivity index (χ1n) is 7.30. The first-order valence-corrected chi connectivity index (χ1v) is 7.67. The zero-order valence-corrected chi connectivity index (χ0v) is 13.4. The van der Waals surface area contributed by atoms with Gasteiger partial charge in [-0.15, -0.1) is 0 Å². The normalized spacial score (nSPS) is 10.6. The van der Waals surface area contributed by atoms with Crippen LogP contribution in [0, 0.1) is 0 Å². The summed E-state index contributed by atoms with van der Waals surface area (Å²) >= 11 is 6.41. The molecule has 0 atom stereocenters. The lowest BCUT2D eigenvalue weighted by Gasteiger charge is -2.21.